The second kappa shape index (κ2) is 8.27. The molecule has 25 heavy (non-hydrogen) atoms. The number of rotatable bonds is 6. The van der Waals surface area contributed by atoms with Crippen LogP contribution in [-0.2, 0) is 9.59 Å². The molecule has 1 aliphatic rings. The fourth-order valence-electron chi connectivity index (χ4n) is 2.36. The summed E-state index contributed by atoms with van der Waals surface area (Å²) in [4.78, 5) is 25.1. The van der Waals surface area contributed by atoms with Gasteiger partial charge in [-0.05, 0) is 36.4 Å². The first-order valence-electron chi connectivity index (χ1n) is 7.83. The van der Waals surface area contributed by atoms with Crippen LogP contribution in [-0.4, -0.2) is 30.2 Å². The second-order valence-corrected chi connectivity index (χ2v) is 7.13. The minimum atomic E-state index is -0.424. The number of anilines is 1. The molecule has 1 atom stereocenters. The lowest BCUT2D eigenvalue weighted by atomic mass is 10.2. The van der Waals surface area contributed by atoms with Crippen molar-refractivity contribution in [2.45, 2.75) is 16.6 Å². The molecule has 0 bridgehead atoms. The zero-order chi connectivity index (χ0) is 17.6. The number of carbonyl (C=O) groups excluding carboxylic acids is 2. The molecule has 7 heteroatoms. The van der Waals surface area contributed by atoms with E-state index in [0.29, 0.717) is 23.9 Å². The first-order chi connectivity index (χ1) is 12.1. The number of hydrogen-bond donors (Lipinski definition) is 2. The van der Waals surface area contributed by atoms with E-state index in [0.717, 1.165) is 10.6 Å². The third kappa shape index (κ3) is 4.90. The summed E-state index contributed by atoms with van der Waals surface area (Å²) in [5, 5.41) is 5.83. The number of carbonyl (C=O) groups is 2. The summed E-state index contributed by atoms with van der Waals surface area (Å²) in [7, 11) is 0. The van der Waals surface area contributed by atoms with Gasteiger partial charge in [-0.2, -0.15) is 0 Å². The molecule has 2 aromatic rings. The number of ether oxygens (including phenoxy) is 1. The maximum atomic E-state index is 12.1. The van der Waals surface area contributed by atoms with Crippen LogP contribution in [0, 0.1) is 0 Å². The average Bonchev–Trinajstić information content (AvgIpc) is 2.61. The molecule has 5 nitrogen and oxygen atoms in total. The van der Waals surface area contributed by atoms with Gasteiger partial charge in [0.2, 0.25) is 11.8 Å². The van der Waals surface area contributed by atoms with Crippen LogP contribution in [0.15, 0.2) is 53.4 Å². The van der Waals surface area contributed by atoms with E-state index in [4.69, 9.17) is 16.3 Å². The van der Waals surface area contributed by atoms with Gasteiger partial charge in [0.1, 0.15) is 12.4 Å². The van der Waals surface area contributed by atoms with E-state index < -0.39 is 5.25 Å². The largest absolute Gasteiger partial charge is 0.492 e. The Balaban J connectivity index is 1.42. The number of hydrogen-bond acceptors (Lipinski definition) is 4. The highest BCUT2D eigenvalue weighted by Crippen LogP contribution is 2.36. The van der Waals surface area contributed by atoms with Gasteiger partial charge in [-0.25, -0.2) is 0 Å². The highest BCUT2D eigenvalue weighted by Gasteiger charge is 2.28. The Morgan fingerprint density at radius 3 is 2.76 bits per heavy atom. The fourth-order valence-corrected chi connectivity index (χ4v) is 3.59. The molecule has 0 spiro atoms. The Hall–Kier alpha value is -2.18. The number of fused-ring (bicyclic) bond motifs is 1. The van der Waals surface area contributed by atoms with E-state index in [2.05, 4.69) is 10.6 Å². The zero-order valence-electron chi connectivity index (χ0n) is 13.3. The van der Waals surface area contributed by atoms with Gasteiger partial charge in [0.15, 0.2) is 0 Å². The van der Waals surface area contributed by atoms with E-state index in [1.807, 2.05) is 24.3 Å². The van der Waals surface area contributed by atoms with Crippen LogP contribution in [0.3, 0.4) is 0 Å². The topological polar surface area (TPSA) is 67.4 Å². The summed E-state index contributed by atoms with van der Waals surface area (Å²) in [6.07, 6.45) is 0.131. The van der Waals surface area contributed by atoms with Crippen LogP contribution in [0.4, 0.5) is 5.69 Å². The third-order valence-corrected chi connectivity index (χ3v) is 5.11. The Bertz CT molecular complexity index is 767. The molecule has 2 aromatic carbocycles. The average molecular weight is 377 g/mol. The Morgan fingerprint density at radius 2 is 1.96 bits per heavy atom. The molecule has 0 fully saturated rings. The van der Waals surface area contributed by atoms with Gasteiger partial charge in [0.25, 0.3) is 0 Å². The lowest BCUT2D eigenvalue weighted by Crippen LogP contribution is -2.36. The van der Waals surface area contributed by atoms with Gasteiger partial charge in [0.05, 0.1) is 17.5 Å². The molecule has 1 heterocycles. The second-order valence-electron chi connectivity index (χ2n) is 5.45. The molecule has 0 aromatic heterocycles. The lowest BCUT2D eigenvalue weighted by molar-refractivity contribution is -0.124. The molecule has 2 amide bonds. The van der Waals surface area contributed by atoms with Crippen molar-refractivity contribution in [3.8, 4) is 5.75 Å². The molecule has 0 unspecified atom stereocenters. The highest BCUT2D eigenvalue weighted by molar-refractivity contribution is 8.01. The van der Waals surface area contributed by atoms with E-state index >= 15 is 0 Å². The Morgan fingerprint density at radius 1 is 1.20 bits per heavy atom. The highest BCUT2D eigenvalue weighted by atomic mass is 35.5. The van der Waals surface area contributed by atoms with Gasteiger partial charge >= 0.3 is 0 Å². The van der Waals surface area contributed by atoms with Crippen molar-refractivity contribution in [1.82, 2.24) is 5.32 Å². The predicted molar refractivity (Wildman–Crippen MR) is 99.3 cm³/mol. The lowest BCUT2D eigenvalue weighted by Gasteiger charge is -2.23. The van der Waals surface area contributed by atoms with Gasteiger partial charge in [-0.1, -0.05) is 23.7 Å². The van der Waals surface area contributed by atoms with Crippen LogP contribution in [0.1, 0.15) is 6.42 Å². The monoisotopic (exact) mass is 376 g/mol. The van der Waals surface area contributed by atoms with Crippen LogP contribution < -0.4 is 15.4 Å². The van der Waals surface area contributed by atoms with Crippen molar-refractivity contribution >= 4 is 40.9 Å². The third-order valence-electron chi connectivity index (χ3n) is 3.58. The van der Waals surface area contributed by atoms with Gasteiger partial charge in [0, 0.05) is 16.3 Å². The Labute approximate surface area is 155 Å². The van der Waals surface area contributed by atoms with Crippen molar-refractivity contribution < 1.29 is 14.3 Å². The normalized spacial score (nSPS) is 15.9. The van der Waals surface area contributed by atoms with E-state index in [9.17, 15) is 9.59 Å². The number of para-hydroxylation sites is 1. The summed E-state index contributed by atoms with van der Waals surface area (Å²) < 4.78 is 5.51. The molecule has 2 N–H and O–H groups in total. The summed E-state index contributed by atoms with van der Waals surface area (Å²) in [6.45, 7) is 0.720. The van der Waals surface area contributed by atoms with Crippen LogP contribution in [0.5, 0.6) is 5.75 Å². The molecule has 0 radical (unpaired) electrons. The predicted octanol–water partition coefficient (Wildman–Crippen LogP) is 3.34. The first-order valence-corrected chi connectivity index (χ1v) is 9.09. The number of benzene rings is 2. The van der Waals surface area contributed by atoms with Crippen LogP contribution in [0.25, 0.3) is 0 Å². The van der Waals surface area contributed by atoms with Crippen molar-refractivity contribution in [3.63, 3.8) is 0 Å². The molecule has 0 saturated heterocycles. The van der Waals surface area contributed by atoms with E-state index in [1.165, 1.54) is 11.8 Å². The number of amides is 2. The van der Waals surface area contributed by atoms with Crippen molar-refractivity contribution in [2.24, 2.45) is 0 Å². The van der Waals surface area contributed by atoms with Gasteiger partial charge < -0.3 is 15.4 Å². The minimum absolute atomic E-state index is 0.131. The smallest absolute Gasteiger partial charge is 0.238 e. The van der Waals surface area contributed by atoms with Crippen molar-refractivity contribution in [3.05, 3.63) is 53.6 Å². The van der Waals surface area contributed by atoms with Crippen molar-refractivity contribution in [2.75, 3.05) is 18.5 Å². The minimum Gasteiger partial charge on any atom is -0.492 e. The fraction of sp³-hybridized carbons (Fsp3) is 0.222. The van der Waals surface area contributed by atoms with Crippen molar-refractivity contribution in [1.29, 1.82) is 0 Å². The molecular weight excluding hydrogens is 360 g/mol. The summed E-state index contributed by atoms with van der Waals surface area (Å²) in [6, 6.07) is 14.6. The molecule has 0 aliphatic carbocycles. The zero-order valence-corrected chi connectivity index (χ0v) is 14.9. The molecule has 0 saturated carbocycles. The number of thioether (sulfide) groups is 1. The van der Waals surface area contributed by atoms with Crippen LogP contribution >= 0.6 is 23.4 Å². The Kier molecular flexibility index (Phi) is 5.83. The van der Waals surface area contributed by atoms with E-state index in [-0.39, 0.29) is 18.2 Å². The molecule has 1 aliphatic heterocycles. The first kappa shape index (κ1) is 17.6. The summed E-state index contributed by atoms with van der Waals surface area (Å²) in [5.74, 6) is 0.375. The van der Waals surface area contributed by atoms with Gasteiger partial charge in [-0.15, -0.1) is 11.8 Å². The summed E-state index contributed by atoms with van der Waals surface area (Å²) in [5.41, 5.74) is 0.797. The molecule has 3 rings (SSSR count). The maximum absolute atomic E-state index is 12.1. The standard InChI is InChI=1S/C18H17ClN2O3S/c19-12-5-7-13(8-6-12)24-10-9-20-17(22)11-16-18(23)21-14-3-1-2-4-15(14)25-16/h1-8,16H,9-11H2,(H,20,22)(H,21,23)/t16-/m0/s1. The molecular formula is C18H17ClN2O3S. The SMILES string of the molecule is O=C(C[C@@H]1Sc2ccccc2NC1=O)NCCOc1ccc(Cl)cc1. The number of nitrogens with one attached hydrogen (secondary N) is 2. The maximum Gasteiger partial charge on any atom is 0.238 e. The summed E-state index contributed by atoms with van der Waals surface area (Å²) >= 11 is 7.22. The number of halogens is 1. The quantitative estimate of drug-likeness (QED) is 0.759. The van der Waals surface area contributed by atoms with E-state index in [1.54, 1.807) is 24.3 Å². The van der Waals surface area contributed by atoms with Crippen LogP contribution in [0.2, 0.25) is 5.02 Å². The van der Waals surface area contributed by atoms with Gasteiger partial charge in [-0.3, -0.25) is 9.59 Å². The molecule has 130 valence electrons.